The van der Waals surface area contributed by atoms with E-state index in [2.05, 4.69) is 25.2 Å². The van der Waals surface area contributed by atoms with Crippen LogP contribution < -0.4 is 15.4 Å². The summed E-state index contributed by atoms with van der Waals surface area (Å²) in [6.45, 7) is 2.35. The van der Waals surface area contributed by atoms with E-state index < -0.39 is 5.54 Å². The Bertz CT molecular complexity index is 1930. The third kappa shape index (κ3) is 7.11. The number of nitrogens with zero attached hydrogens (tertiary/aromatic N) is 4. The number of aliphatic hydroxyl groups is 1. The average molecular weight is 699 g/mol. The molecule has 12 heteroatoms. The Kier molecular flexibility index (Phi) is 10.5. The number of likely N-dealkylation sites (N-methyl/N-ethyl adjacent to an activating group) is 1. The molecule has 0 spiro atoms. The summed E-state index contributed by atoms with van der Waals surface area (Å²) in [5.74, 6) is 0.612. The minimum atomic E-state index is -1.05. The first-order valence-electron chi connectivity index (χ1n) is 17.2. The molecular formula is C38H43ClN6O5. The number of anilines is 1. The predicted octanol–water partition coefficient (Wildman–Crippen LogP) is 6.10. The Labute approximate surface area is 296 Å². The Morgan fingerprint density at radius 3 is 2.50 bits per heavy atom. The van der Waals surface area contributed by atoms with E-state index in [0.29, 0.717) is 58.8 Å². The fraction of sp³-hybridized carbons (Fsp3) is 0.395. The molecule has 262 valence electrons. The van der Waals surface area contributed by atoms with Crippen LogP contribution in [0.5, 0.6) is 5.75 Å². The molecule has 2 aromatic carbocycles. The van der Waals surface area contributed by atoms with Crippen LogP contribution in [-0.4, -0.2) is 74.6 Å². The number of benzene rings is 2. The van der Waals surface area contributed by atoms with Crippen molar-refractivity contribution in [3.8, 4) is 17.3 Å². The van der Waals surface area contributed by atoms with Gasteiger partial charge in [0, 0.05) is 72.9 Å². The second-order valence-electron chi connectivity index (χ2n) is 13.1. The number of carbonyl (C=O) groups excluding carboxylic acids is 3. The van der Waals surface area contributed by atoms with E-state index in [0.717, 1.165) is 35.9 Å². The van der Waals surface area contributed by atoms with Gasteiger partial charge >= 0.3 is 0 Å². The van der Waals surface area contributed by atoms with Crippen LogP contribution >= 0.6 is 11.6 Å². The van der Waals surface area contributed by atoms with Crippen LogP contribution in [0.4, 0.5) is 5.69 Å². The maximum Gasteiger partial charge on any atom is 0.252 e. The molecule has 0 atom stereocenters. The van der Waals surface area contributed by atoms with Gasteiger partial charge in [-0.15, -0.1) is 0 Å². The van der Waals surface area contributed by atoms with Gasteiger partial charge in [-0.2, -0.15) is 0 Å². The number of amides is 3. The topological polar surface area (TPSA) is 139 Å². The zero-order valence-corrected chi connectivity index (χ0v) is 29.4. The van der Waals surface area contributed by atoms with Gasteiger partial charge in [0.15, 0.2) is 5.82 Å². The molecule has 6 rings (SSSR count). The van der Waals surface area contributed by atoms with Crippen molar-refractivity contribution in [2.45, 2.75) is 63.3 Å². The van der Waals surface area contributed by atoms with Crippen molar-refractivity contribution >= 4 is 52.0 Å². The molecule has 0 aliphatic heterocycles. The maximum absolute atomic E-state index is 13.8. The molecule has 11 nitrogen and oxygen atoms in total. The van der Waals surface area contributed by atoms with Gasteiger partial charge in [-0.1, -0.05) is 30.5 Å². The van der Waals surface area contributed by atoms with Crippen molar-refractivity contribution in [1.82, 2.24) is 24.8 Å². The number of hydrogen-bond acceptors (Lipinski definition) is 7. The molecule has 4 aromatic rings. The lowest BCUT2D eigenvalue weighted by Gasteiger charge is -2.40. The smallest absolute Gasteiger partial charge is 0.252 e. The van der Waals surface area contributed by atoms with E-state index in [-0.39, 0.29) is 30.9 Å². The van der Waals surface area contributed by atoms with Crippen LogP contribution in [0.15, 0.2) is 54.9 Å². The average Bonchev–Trinajstić information content (AvgIpc) is 3.72. The monoisotopic (exact) mass is 698 g/mol. The van der Waals surface area contributed by atoms with E-state index in [9.17, 15) is 14.4 Å². The summed E-state index contributed by atoms with van der Waals surface area (Å²) in [6.07, 6.45) is 12.6. The molecular weight excluding hydrogens is 656 g/mol. The number of aromatic nitrogens is 3. The largest absolute Gasteiger partial charge is 0.493 e. The van der Waals surface area contributed by atoms with Gasteiger partial charge in [0.25, 0.3) is 5.91 Å². The van der Waals surface area contributed by atoms with Gasteiger partial charge in [-0.3, -0.25) is 14.4 Å². The van der Waals surface area contributed by atoms with Gasteiger partial charge in [0.05, 0.1) is 23.9 Å². The predicted molar refractivity (Wildman–Crippen MR) is 194 cm³/mol. The van der Waals surface area contributed by atoms with E-state index >= 15 is 0 Å². The van der Waals surface area contributed by atoms with Crippen LogP contribution in [0.2, 0.25) is 5.02 Å². The molecule has 2 heterocycles. The molecule has 3 N–H and O–H groups in total. The highest BCUT2D eigenvalue weighted by molar-refractivity contribution is 6.30. The van der Waals surface area contributed by atoms with Crippen molar-refractivity contribution in [2.75, 3.05) is 32.1 Å². The molecule has 0 unspecified atom stereocenters. The quantitative estimate of drug-likeness (QED) is 0.152. The lowest BCUT2D eigenvalue weighted by molar-refractivity contribution is -0.125. The van der Waals surface area contributed by atoms with Crippen LogP contribution in [0, 0.1) is 0 Å². The third-order valence-electron chi connectivity index (χ3n) is 9.88. The molecule has 0 saturated heterocycles. The molecule has 0 bridgehead atoms. The van der Waals surface area contributed by atoms with Gasteiger partial charge < -0.3 is 29.9 Å². The molecule has 2 saturated carbocycles. The van der Waals surface area contributed by atoms with Crippen LogP contribution in [0.3, 0.4) is 0 Å². The molecule has 0 radical (unpaired) electrons. The van der Waals surface area contributed by atoms with E-state index in [1.54, 1.807) is 43.7 Å². The Morgan fingerprint density at radius 1 is 1.10 bits per heavy atom. The van der Waals surface area contributed by atoms with Crippen molar-refractivity contribution in [3.63, 3.8) is 0 Å². The van der Waals surface area contributed by atoms with Crippen LogP contribution in [0.25, 0.3) is 28.5 Å². The van der Waals surface area contributed by atoms with Crippen molar-refractivity contribution < 1.29 is 24.2 Å². The number of hydrogen-bond donors (Lipinski definition) is 3. The first kappa shape index (κ1) is 35.1. The summed E-state index contributed by atoms with van der Waals surface area (Å²) < 4.78 is 7.88. The van der Waals surface area contributed by atoms with Gasteiger partial charge in [0.2, 0.25) is 11.8 Å². The second-order valence-corrected chi connectivity index (χ2v) is 13.5. The number of nitrogens with one attached hydrogen (secondary N) is 2. The summed E-state index contributed by atoms with van der Waals surface area (Å²) >= 11 is 6.11. The Balaban J connectivity index is 1.22. The normalized spacial score (nSPS) is 15.6. The fourth-order valence-electron chi connectivity index (χ4n) is 7.00. The summed E-state index contributed by atoms with van der Waals surface area (Å²) in [5.41, 5.74) is 3.64. The number of rotatable bonds is 12. The number of carbonyl (C=O) groups is 3. The molecule has 2 aliphatic carbocycles. The molecule has 3 amide bonds. The highest BCUT2D eigenvalue weighted by atomic mass is 35.5. The standard InChI is InChI=1S/C38H43ClN6O5/c1-4-50-31-21-28(13-10-24(31)12-15-32(47)44(2)18-19-46)42-37(49)38(16-7-17-38)43-36(48)26-11-14-29-30(20-26)45(3)34(33(29)25-8-5-6-9-25)35-40-22-27(39)23-41-35/h10-15,20-23,25,46H,4-9,16-19H2,1-3H3,(H,42,49)(H,43,48)/b15-12+. The molecule has 50 heavy (non-hydrogen) atoms. The highest BCUT2D eigenvalue weighted by Gasteiger charge is 2.45. The molecule has 2 fully saturated rings. The second kappa shape index (κ2) is 15.0. The van der Waals surface area contributed by atoms with Gasteiger partial charge in [0.1, 0.15) is 11.3 Å². The Hall–Kier alpha value is -4.74. The number of halogens is 1. The van der Waals surface area contributed by atoms with E-state index in [4.69, 9.17) is 21.4 Å². The third-order valence-corrected chi connectivity index (χ3v) is 10.1. The lowest BCUT2D eigenvalue weighted by Crippen LogP contribution is -2.61. The number of aryl methyl sites for hydroxylation is 1. The van der Waals surface area contributed by atoms with Gasteiger partial charge in [-0.25, -0.2) is 9.97 Å². The zero-order chi connectivity index (χ0) is 35.4. The summed E-state index contributed by atoms with van der Waals surface area (Å²) in [4.78, 5) is 50.4. The Morgan fingerprint density at radius 2 is 1.84 bits per heavy atom. The maximum atomic E-state index is 13.8. The first-order valence-corrected chi connectivity index (χ1v) is 17.6. The fourth-order valence-corrected chi connectivity index (χ4v) is 7.10. The van der Waals surface area contributed by atoms with Crippen LogP contribution in [-0.2, 0) is 16.6 Å². The van der Waals surface area contributed by atoms with Crippen molar-refractivity contribution in [3.05, 3.63) is 76.6 Å². The lowest BCUT2D eigenvalue weighted by atomic mass is 9.75. The number of aliphatic hydroxyl groups excluding tert-OH is 1. The zero-order valence-electron chi connectivity index (χ0n) is 28.7. The summed E-state index contributed by atoms with van der Waals surface area (Å²) in [7, 11) is 3.59. The van der Waals surface area contributed by atoms with E-state index in [1.807, 2.05) is 32.2 Å². The number of fused-ring (bicyclic) bond motifs is 1. The van der Waals surface area contributed by atoms with Gasteiger partial charge in [-0.05, 0) is 80.9 Å². The molecule has 2 aromatic heterocycles. The highest BCUT2D eigenvalue weighted by Crippen LogP contribution is 2.44. The van der Waals surface area contributed by atoms with E-state index in [1.165, 1.54) is 29.4 Å². The molecule has 2 aliphatic rings. The van der Waals surface area contributed by atoms with Crippen molar-refractivity contribution in [1.29, 1.82) is 0 Å². The van der Waals surface area contributed by atoms with Crippen molar-refractivity contribution in [2.24, 2.45) is 7.05 Å². The SMILES string of the molecule is CCOc1cc(NC(=O)C2(NC(=O)c3ccc4c(C5CCCC5)c(-c5ncc(Cl)cn5)n(C)c4c3)CCC2)ccc1/C=C/C(=O)N(C)CCO. The minimum absolute atomic E-state index is 0.123. The van der Waals surface area contributed by atoms with Crippen LogP contribution in [0.1, 0.15) is 79.3 Å². The minimum Gasteiger partial charge on any atom is -0.493 e. The first-order chi connectivity index (χ1) is 24.1. The summed E-state index contributed by atoms with van der Waals surface area (Å²) in [5, 5.41) is 16.7. The summed E-state index contributed by atoms with van der Waals surface area (Å²) in [6, 6.07) is 10.9. The number of ether oxygens (including phenoxy) is 1.